The van der Waals surface area contributed by atoms with Gasteiger partial charge in [0, 0.05) is 44.8 Å². The Morgan fingerprint density at radius 2 is 0.429 bits per heavy atom. The molecule has 0 saturated carbocycles. The largest absolute Gasteiger partial charge is 3.00 e. The summed E-state index contributed by atoms with van der Waals surface area (Å²) in [6.45, 7) is 0. The molecule has 0 N–H and O–H groups in total. The second-order valence-electron chi connectivity index (χ2n) is 0. The van der Waals surface area contributed by atoms with Crippen LogP contribution in [0.15, 0.2) is 0 Å². The van der Waals surface area contributed by atoms with Gasteiger partial charge in [-0.1, -0.05) is 0 Å². The number of hydrogen-bond donors (Lipinski definition) is 0. The molecule has 0 rings (SSSR count). The molecule has 0 aromatic rings. The minimum absolute atomic E-state index is 0. The van der Waals surface area contributed by atoms with Gasteiger partial charge in [-0.3, -0.25) is 0 Å². The maximum atomic E-state index is 0. The molecule has 0 bridgehead atoms. The summed E-state index contributed by atoms with van der Waals surface area (Å²) in [5.74, 6) is 0. The Morgan fingerprint density at radius 1 is 0.429 bits per heavy atom. The van der Waals surface area contributed by atoms with Crippen molar-refractivity contribution >= 4 is 34.7 Å². The van der Waals surface area contributed by atoms with Crippen molar-refractivity contribution in [3.63, 3.8) is 0 Å². The summed E-state index contributed by atoms with van der Waals surface area (Å²) >= 11 is 0. The van der Waals surface area contributed by atoms with E-state index in [1.807, 2.05) is 0 Å². The summed E-state index contributed by atoms with van der Waals surface area (Å²) in [4.78, 5) is 0. The third-order valence-electron chi connectivity index (χ3n) is 0. The molecular weight excluding hydrogens is 288 g/mol. The standard InChI is InChI=1S/2Al.2Nb.3O/q2*+3;;;3*-2. The Balaban J connectivity index is 0. The Hall–Kier alpha value is 2.43. The van der Waals surface area contributed by atoms with Crippen LogP contribution in [0.1, 0.15) is 0 Å². The average Bonchev–Trinajstić information content (AvgIpc) is 0. The molecule has 34 valence electrons. The van der Waals surface area contributed by atoms with Crippen molar-refractivity contribution in [3.05, 3.63) is 0 Å². The molecule has 7 heavy (non-hydrogen) atoms. The van der Waals surface area contributed by atoms with Crippen LogP contribution in [0.25, 0.3) is 0 Å². The van der Waals surface area contributed by atoms with Crippen molar-refractivity contribution in [2.45, 2.75) is 0 Å². The molecule has 0 heterocycles. The SMILES string of the molecule is [Al+3].[Al+3].[Nb].[Nb].[O-2].[O-2].[O-2]. The first-order valence-corrected chi connectivity index (χ1v) is 0. The summed E-state index contributed by atoms with van der Waals surface area (Å²) in [6, 6.07) is 0. The molecule has 0 atom stereocenters. The van der Waals surface area contributed by atoms with Crippen molar-refractivity contribution in [3.8, 4) is 0 Å². The second-order valence-corrected chi connectivity index (χ2v) is 0. The maximum Gasteiger partial charge on any atom is 3.00 e. The minimum atomic E-state index is 0. The van der Waals surface area contributed by atoms with Crippen LogP contribution in [0.4, 0.5) is 0 Å². The number of hydrogen-bond acceptors (Lipinski definition) is 0. The van der Waals surface area contributed by atoms with E-state index in [1.165, 1.54) is 0 Å². The Morgan fingerprint density at radius 3 is 0.429 bits per heavy atom. The molecule has 2 radical (unpaired) electrons. The van der Waals surface area contributed by atoms with E-state index in [1.54, 1.807) is 0 Å². The van der Waals surface area contributed by atoms with Gasteiger partial charge in [-0.05, 0) is 0 Å². The van der Waals surface area contributed by atoms with E-state index in [2.05, 4.69) is 0 Å². The molecule has 3 nitrogen and oxygen atoms in total. The number of rotatable bonds is 0. The molecule has 0 aliphatic rings. The van der Waals surface area contributed by atoms with Gasteiger partial charge >= 0.3 is 34.7 Å². The summed E-state index contributed by atoms with van der Waals surface area (Å²) in [5.41, 5.74) is 0. The van der Waals surface area contributed by atoms with Crippen LogP contribution >= 0.6 is 0 Å². The predicted molar refractivity (Wildman–Crippen MR) is 13.6 cm³/mol. The molecule has 7 heteroatoms. The summed E-state index contributed by atoms with van der Waals surface area (Å²) in [7, 11) is 0. The fraction of sp³-hybridized carbons (Fsp3) is 0. The fourth-order valence-electron chi connectivity index (χ4n) is 0. The topological polar surface area (TPSA) is 85.5 Å². The summed E-state index contributed by atoms with van der Waals surface area (Å²) < 4.78 is 0. The molecule has 0 aliphatic carbocycles. The third kappa shape index (κ3) is 59.1. The quantitative estimate of drug-likeness (QED) is 0.505. The van der Waals surface area contributed by atoms with E-state index in [-0.39, 0.29) is 95.9 Å². The van der Waals surface area contributed by atoms with Gasteiger partial charge in [0.25, 0.3) is 0 Å². The molecule has 0 fully saturated rings. The molecule has 0 saturated heterocycles. The van der Waals surface area contributed by atoms with Crippen LogP contribution in [0.5, 0.6) is 0 Å². The molecule has 0 aromatic carbocycles. The van der Waals surface area contributed by atoms with Gasteiger partial charge in [-0.2, -0.15) is 0 Å². The van der Waals surface area contributed by atoms with Crippen LogP contribution in [0, 0.1) is 0 Å². The first-order valence-electron chi connectivity index (χ1n) is 0. The zero-order valence-electron chi connectivity index (χ0n) is 3.27. The molecule has 0 aliphatic heterocycles. The van der Waals surface area contributed by atoms with Crippen LogP contribution in [0.2, 0.25) is 0 Å². The van der Waals surface area contributed by atoms with E-state index in [0.29, 0.717) is 0 Å². The van der Waals surface area contributed by atoms with E-state index in [9.17, 15) is 0 Å². The third-order valence-corrected chi connectivity index (χ3v) is 0. The van der Waals surface area contributed by atoms with Crippen LogP contribution < -0.4 is 0 Å². The predicted octanol–water partition coefficient (Wildman–Crippen LogP) is -1.12. The molecule has 0 amide bonds. The Bertz CT molecular complexity index is 10.9. The first kappa shape index (κ1) is 114. The van der Waals surface area contributed by atoms with Gasteiger partial charge < -0.3 is 16.4 Å². The van der Waals surface area contributed by atoms with E-state index in [0.717, 1.165) is 0 Å². The average molecular weight is 288 g/mol. The van der Waals surface area contributed by atoms with Crippen LogP contribution in [-0.4, -0.2) is 34.7 Å². The van der Waals surface area contributed by atoms with Crippen molar-refractivity contribution in [1.29, 1.82) is 0 Å². The van der Waals surface area contributed by atoms with Gasteiger partial charge in [-0.15, -0.1) is 0 Å². The van der Waals surface area contributed by atoms with Gasteiger partial charge in [0.2, 0.25) is 0 Å². The van der Waals surface area contributed by atoms with Gasteiger partial charge in [0.15, 0.2) is 0 Å². The minimum Gasteiger partial charge on any atom is -2.00 e. The fourth-order valence-corrected chi connectivity index (χ4v) is 0. The molecule has 0 unspecified atom stereocenters. The van der Waals surface area contributed by atoms with Crippen molar-refractivity contribution < 1.29 is 61.2 Å². The zero-order chi connectivity index (χ0) is 0. The van der Waals surface area contributed by atoms with Gasteiger partial charge in [0.05, 0.1) is 0 Å². The van der Waals surface area contributed by atoms with Crippen molar-refractivity contribution in [2.75, 3.05) is 0 Å². The summed E-state index contributed by atoms with van der Waals surface area (Å²) in [6.07, 6.45) is 0. The first-order chi connectivity index (χ1) is 0. The van der Waals surface area contributed by atoms with E-state index < -0.39 is 0 Å². The Labute approximate surface area is 94.8 Å². The molecule has 0 aromatic heterocycles. The molecule has 0 spiro atoms. The van der Waals surface area contributed by atoms with Crippen LogP contribution in [-0.2, 0) is 61.2 Å². The smallest absolute Gasteiger partial charge is 2.00 e. The van der Waals surface area contributed by atoms with Crippen molar-refractivity contribution in [1.82, 2.24) is 0 Å². The summed E-state index contributed by atoms with van der Waals surface area (Å²) in [5, 5.41) is 0. The molecular formula is Al2Nb2O3. The van der Waals surface area contributed by atoms with Gasteiger partial charge in [-0.25, -0.2) is 0 Å². The monoisotopic (exact) mass is 288 g/mol. The van der Waals surface area contributed by atoms with Crippen LogP contribution in [0.3, 0.4) is 0 Å². The Kier molecular flexibility index (Phi) is 1280. The van der Waals surface area contributed by atoms with E-state index >= 15 is 0 Å². The van der Waals surface area contributed by atoms with E-state index in [4.69, 9.17) is 0 Å². The van der Waals surface area contributed by atoms with Gasteiger partial charge in [0.1, 0.15) is 0 Å². The second kappa shape index (κ2) is 79.0. The zero-order valence-corrected chi connectivity index (χ0v) is 9.98. The normalized spacial score (nSPS) is 0. The van der Waals surface area contributed by atoms with Crippen molar-refractivity contribution in [2.24, 2.45) is 0 Å². The maximum absolute atomic E-state index is 0.